The van der Waals surface area contributed by atoms with Gasteiger partial charge in [0.2, 0.25) is 11.8 Å². The van der Waals surface area contributed by atoms with Crippen LogP contribution in [0.3, 0.4) is 0 Å². The molecule has 2 amide bonds. The van der Waals surface area contributed by atoms with Gasteiger partial charge in [-0.15, -0.1) is 0 Å². The molecule has 0 spiro atoms. The number of carbonyl (C=O) groups is 2. The summed E-state index contributed by atoms with van der Waals surface area (Å²) in [6.45, 7) is 10.6. The van der Waals surface area contributed by atoms with E-state index in [-0.39, 0.29) is 17.3 Å². The molecule has 11 heteroatoms. The SMILES string of the molecule is CC[C@H](C(=O)NC(C)(C)C)N(Cc1ccc(Cl)c(Cl)c1)C(=O)CN(c1ccc(C)c(C)c1)S(=O)(=O)c1ccc(Cl)cc1. The summed E-state index contributed by atoms with van der Waals surface area (Å²) in [7, 11) is -4.21. The molecular weight excluding hydrogens is 617 g/mol. The highest BCUT2D eigenvalue weighted by Gasteiger charge is 2.34. The van der Waals surface area contributed by atoms with Gasteiger partial charge in [-0.2, -0.15) is 0 Å². The van der Waals surface area contributed by atoms with Crippen LogP contribution >= 0.6 is 34.8 Å². The van der Waals surface area contributed by atoms with Crippen molar-refractivity contribution < 1.29 is 18.0 Å². The van der Waals surface area contributed by atoms with E-state index >= 15 is 0 Å². The molecule has 1 atom stereocenters. The highest BCUT2D eigenvalue weighted by atomic mass is 35.5. The topological polar surface area (TPSA) is 86.8 Å². The van der Waals surface area contributed by atoms with E-state index in [2.05, 4.69) is 5.32 Å². The molecule has 226 valence electrons. The Morgan fingerprint density at radius 3 is 2.07 bits per heavy atom. The van der Waals surface area contributed by atoms with Crippen LogP contribution in [-0.4, -0.2) is 43.3 Å². The van der Waals surface area contributed by atoms with Gasteiger partial charge in [-0.1, -0.05) is 53.9 Å². The number of aryl methyl sites for hydroxylation is 2. The molecule has 0 saturated heterocycles. The molecule has 0 radical (unpaired) electrons. The number of anilines is 1. The molecule has 3 aromatic carbocycles. The molecule has 0 aliphatic rings. The molecular formula is C31H36Cl3N3O4S. The summed E-state index contributed by atoms with van der Waals surface area (Å²) < 4.78 is 29.1. The lowest BCUT2D eigenvalue weighted by molar-refractivity contribution is -0.141. The summed E-state index contributed by atoms with van der Waals surface area (Å²) in [4.78, 5) is 29.0. The van der Waals surface area contributed by atoms with Crippen LogP contribution in [-0.2, 0) is 26.2 Å². The molecule has 3 aromatic rings. The third kappa shape index (κ3) is 8.40. The van der Waals surface area contributed by atoms with Gasteiger partial charge in [0.05, 0.1) is 20.6 Å². The molecule has 0 heterocycles. The Kier molecular flexibility index (Phi) is 11.0. The number of halogens is 3. The predicted molar refractivity (Wildman–Crippen MR) is 171 cm³/mol. The van der Waals surface area contributed by atoms with Gasteiger partial charge in [-0.25, -0.2) is 8.42 Å². The van der Waals surface area contributed by atoms with Crippen molar-refractivity contribution in [1.29, 1.82) is 0 Å². The summed E-state index contributed by atoms with van der Waals surface area (Å²) in [6.07, 6.45) is 0.294. The second kappa shape index (κ2) is 13.7. The standard InChI is InChI=1S/C31H36Cl3N3O4S/c1-7-28(30(39)35-31(4,5)6)36(18-22-9-15-26(33)27(34)17-22)29(38)19-37(24-12-8-20(2)21(3)16-24)42(40,41)25-13-10-23(32)11-14-25/h8-17,28H,7,18-19H2,1-6H3,(H,35,39)/t28-/m1/s1. The van der Waals surface area contributed by atoms with Crippen LogP contribution in [0, 0.1) is 13.8 Å². The molecule has 1 N–H and O–H groups in total. The Morgan fingerprint density at radius 1 is 0.881 bits per heavy atom. The summed E-state index contributed by atoms with van der Waals surface area (Å²) in [6, 6.07) is 15.0. The zero-order valence-corrected chi connectivity index (χ0v) is 27.6. The van der Waals surface area contributed by atoms with Crippen molar-refractivity contribution in [3.63, 3.8) is 0 Å². The van der Waals surface area contributed by atoms with Gasteiger partial charge < -0.3 is 10.2 Å². The monoisotopic (exact) mass is 651 g/mol. The van der Waals surface area contributed by atoms with E-state index < -0.39 is 34.1 Å². The molecule has 0 bridgehead atoms. The van der Waals surface area contributed by atoms with E-state index in [9.17, 15) is 18.0 Å². The number of rotatable bonds is 10. The number of benzene rings is 3. The van der Waals surface area contributed by atoms with E-state index in [1.54, 1.807) is 43.3 Å². The number of sulfonamides is 1. The van der Waals surface area contributed by atoms with Crippen molar-refractivity contribution >= 4 is 62.3 Å². The van der Waals surface area contributed by atoms with Crippen LogP contribution in [0.2, 0.25) is 15.1 Å². The molecule has 0 aromatic heterocycles. The summed E-state index contributed by atoms with van der Waals surface area (Å²) in [5, 5.41) is 3.98. The van der Waals surface area contributed by atoms with Gasteiger partial charge in [-0.3, -0.25) is 13.9 Å². The van der Waals surface area contributed by atoms with Crippen LogP contribution < -0.4 is 9.62 Å². The van der Waals surface area contributed by atoms with Crippen LogP contribution in [0.5, 0.6) is 0 Å². The second-order valence-corrected chi connectivity index (χ2v) is 14.3. The summed E-state index contributed by atoms with van der Waals surface area (Å²) in [5.41, 5.74) is 2.24. The zero-order chi connectivity index (χ0) is 31.4. The first-order chi connectivity index (χ1) is 19.5. The van der Waals surface area contributed by atoms with Gasteiger partial charge >= 0.3 is 0 Å². The molecule has 42 heavy (non-hydrogen) atoms. The Hall–Kier alpha value is -2.78. The smallest absolute Gasteiger partial charge is 0.264 e. The molecule has 0 aliphatic heterocycles. The zero-order valence-electron chi connectivity index (χ0n) is 24.5. The number of amides is 2. The van der Waals surface area contributed by atoms with E-state index in [1.807, 2.05) is 34.6 Å². The molecule has 3 rings (SSSR count). The van der Waals surface area contributed by atoms with Crippen molar-refractivity contribution in [3.8, 4) is 0 Å². The maximum absolute atomic E-state index is 14.2. The van der Waals surface area contributed by atoms with Gasteiger partial charge in [0.1, 0.15) is 12.6 Å². The average Bonchev–Trinajstić information content (AvgIpc) is 2.90. The number of carbonyl (C=O) groups excluding carboxylic acids is 2. The minimum absolute atomic E-state index is 0.00749. The van der Waals surface area contributed by atoms with Crippen LogP contribution in [0.15, 0.2) is 65.6 Å². The quantitative estimate of drug-likeness (QED) is 0.251. The lowest BCUT2D eigenvalue weighted by atomic mass is 10.1. The molecule has 0 saturated carbocycles. The molecule has 0 fully saturated rings. The van der Waals surface area contributed by atoms with E-state index in [4.69, 9.17) is 34.8 Å². The number of nitrogens with zero attached hydrogens (tertiary/aromatic N) is 2. The lowest BCUT2D eigenvalue weighted by Crippen LogP contribution is -2.55. The fourth-order valence-corrected chi connectivity index (χ4v) is 6.20. The van der Waals surface area contributed by atoms with Crippen molar-refractivity contribution in [2.75, 3.05) is 10.8 Å². The van der Waals surface area contributed by atoms with E-state index in [0.717, 1.165) is 15.4 Å². The average molecular weight is 653 g/mol. The number of hydrogen-bond donors (Lipinski definition) is 1. The predicted octanol–water partition coefficient (Wildman–Crippen LogP) is 7.18. The number of nitrogens with one attached hydrogen (secondary N) is 1. The fraction of sp³-hybridized carbons (Fsp3) is 0.355. The highest BCUT2D eigenvalue weighted by Crippen LogP contribution is 2.28. The van der Waals surface area contributed by atoms with Crippen molar-refractivity contribution in [2.45, 2.75) is 71.0 Å². The molecule has 0 aliphatic carbocycles. The first kappa shape index (κ1) is 33.7. The lowest BCUT2D eigenvalue weighted by Gasteiger charge is -2.35. The Bertz CT molecular complexity index is 1550. The largest absolute Gasteiger partial charge is 0.350 e. The van der Waals surface area contributed by atoms with Gasteiger partial charge in [-0.05, 0) is 106 Å². The highest BCUT2D eigenvalue weighted by molar-refractivity contribution is 7.92. The fourth-order valence-electron chi connectivity index (χ4n) is 4.35. The van der Waals surface area contributed by atoms with Gasteiger partial charge in [0, 0.05) is 17.1 Å². The maximum atomic E-state index is 14.2. The third-order valence-electron chi connectivity index (χ3n) is 6.68. The van der Waals surface area contributed by atoms with Crippen LogP contribution in [0.25, 0.3) is 0 Å². The van der Waals surface area contributed by atoms with Crippen molar-refractivity contribution in [3.05, 3.63) is 92.4 Å². The van der Waals surface area contributed by atoms with Crippen molar-refractivity contribution in [2.24, 2.45) is 0 Å². The minimum Gasteiger partial charge on any atom is -0.350 e. The van der Waals surface area contributed by atoms with Crippen LogP contribution in [0.4, 0.5) is 5.69 Å². The Morgan fingerprint density at radius 2 is 1.52 bits per heavy atom. The first-order valence-electron chi connectivity index (χ1n) is 13.4. The van der Waals surface area contributed by atoms with E-state index in [1.165, 1.54) is 29.2 Å². The Balaban J connectivity index is 2.11. The summed E-state index contributed by atoms with van der Waals surface area (Å²) >= 11 is 18.4. The normalized spacial score (nSPS) is 12.5. The second-order valence-electron chi connectivity index (χ2n) is 11.2. The van der Waals surface area contributed by atoms with Gasteiger partial charge in [0.15, 0.2) is 0 Å². The number of hydrogen-bond acceptors (Lipinski definition) is 4. The van der Waals surface area contributed by atoms with Gasteiger partial charge in [0.25, 0.3) is 10.0 Å². The first-order valence-corrected chi connectivity index (χ1v) is 16.0. The molecule has 0 unspecified atom stereocenters. The summed E-state index contributed by atoms with van der Waals surface area (Å²) in [5.74, 6) is -0.913. The van der Waals surface area contributed by atoms with Crippen molar-refractivity contribution in [1.82, 2.24) is 10.2 Å². The maximum Gasteiger partial charge on any atom is 0.264 e. The Labute approximate surface area is 263 Å². The van der Waals surface area contributed by atoms with Crippen LogP contribution in [0.1, 0.15) is 50.8 Å². The third-order valence-corrected chi connectivity index (χ3v) is 9.46. The minimum atomic E-state index is -4.21. The van der Waals surface area contributed by atoms with E-state index in [0.29, 0.717) is 32.7 Å². The molecule has 7 nitrogen and oxygen atoms in total.